The van der Waals surface area contributed by atoms with Gasteiger partial charge in [-0.3, -0.25) is 0 Å². The van der Waals surface area contributed by atoms with Gasteiger partial charge in [-0.15, -0.1) is 0 Å². The number of hydrogen-bond donors (Lipinski definition) is 0. The average Bonchev–Trinajstić information content (AvgIpc) is 2.45. The highest BCUT2D eigenvalue weighted by molar-refractivity contribution is 7.98. The Kier molecular flexibility index (Phi) is 4.25. The van der Waals surface area contributed by atoms with Gasteiger partial charge in [-0.1, -0.05) is 23.9 Å². The van der Waals surface area contributed by atoms with Crippen molar-refractivity contribution in [3.63, 3.8) is 0 Å². The van der Waals surface area contributed by atoms with Gasteiger partial charge in [-0.25, -0.2) is 9.97 Å². The van der Waals surface area contributed by atoms with Gasteiger partial charge >= 0.3 is 6.18 Å². The first-order valence-electron chi connectivity index (χ1n) is 5.51. The lowest BCUT2D eigenvalue weighted by molar-refractivity contribution is -0.141. The summed E-state index contributed by atoms with van der Waals surface area (Å²) in [4.78, 5) is 7.26. The lowest BCUT2D eigenvalue weighted by Gasteiger charge is -2.06. The predicted octanol–water partition coefficient (Wildman–Crippen LogP) is 3.66. The summed E-state index contributed by atoms with van der Waals surface area (Å²) in [5.41, 5.74) is 0.379. The fourth-order valence-electron chi connectivity index (χ4n) is 1.45. The highest BCUT2D eigenvalue weighted by Gasteiger charge is 2.32. The maximum absolute atomic E-state index is 12.5. The molecule has 102 valence electrons. The van der Waals surface area contributed by atoms with Crippen LogP contribution in [0.15, 0.2) is 41.7 Å². The number of nitriles is 1. The molecule has 0 aliphatic carbocycles. The summed E-state index contributed by atoms with van der Waals surface area (Å²) in [6.07, 6.45) is -3.39. The third-order valence-corrected chi connectivity index (χ3v) is 3.28. The Morgan fingerprint density at radius 1 is 1.25 bits per heavy atom. The first-order chi connectivity index (χ1) is 9.49. The van der Waals surface area contributed by atoms with Gasteiger partial charge in [0.2, 0.25) is 0 Å². The molecule has 0 atom stereocenters. The van der Waals surface area contributed by atoms with E-state index in [2.05, 4.69) is 9.97 Å². The molecule has 1 aromatic heterocycles. The number of rotatable bonds is 3. The average molecular weight is 295 g/mol. The van der Waals surface area contributed by atoms with Crippen LogP contribution in [-0.4, -0.2) is 9.97 Å². The minimum Gasteiger partial charge on any atom is -0.231 e. The second-order valence-corrected chi connectivity index (χ2v) is 4.77. The van der Waals surface area contributed by atoms with Crippen molar-refractivity contribution in [2.75, 3.05) is 0 Å². The summed E-state index contributed by atoms with van der Waals surface area (Å²) < 4.78 is 37.5. The SMILES string of the molecule is N#Cc1cccc(CSc2nccc(C(F)(F)F)n2)c1. The van der Waals surface area contributed by atoms with E-state index in [4.69, 9.17) is 5.26 Å². The van der Waals surface area contributed by atoms with Crippen LogP contribution in [0, 0.1) is 11.3 Å². The molecule has 1 heterocycles. The summed E-state index contributed by atoms with van der Waals surface area (Å²) >= 11 is 1.09. The first kappa shape index (κ1) is 14.3. The molecule has 1 aromatic carbocycles. The van der Waals surface area contributed by atoms with E-state index in [9.17, 15) is 13.2 Å². The Labute approximate surface area is 117 Å². The van der Waals surface area contributed by atoms with Crippen LogP contribution in [0.4, 0.5) is 13.2 Å². The molecule has 0 aliphatic heterocycles. The Morgan fingerprint density at radius 3 is 2.75 bits per heavy atom. The van der Waals surface area contributed by atoms with E-state index in [1.54, 1.807) is 24.3 Å². The van der Waals surface area contributed by atoms with Crippen molar-refractivity contribution in [3.8, 4) is 6.07 Å². The fourth-order valence-corrected chi connectivity index (χ4v) is 2.22. The zero-order valence-corrected chi connectivity index (χ0v) is 10.9. The van der Waals surface area contributed by atoms with Crippen LogP contribution in [0.1, 0.15) is 16.8 Å². The molecule has 0 N–H and O–H groups in total. The van der Waals surface area contributed by atoms with Crippen molar-refractivity contribution in [3.05, 3.63) is 53.3 Å². The quantitative estimate of drug-likeness (QED) is 0.640. The second-order valence-electron chi connectivity index (χ2n) is 3.82. The molecular weight excluding hydrogens is 287 g/mol. The molecule has 20 heavy (non-hydrogen) atoms. The summed E-state index contributed by atoms with van der Waals surface area (Å²) in [5.74, 6) is 0.400. The predicted molar refractivity (Wildman–Crippen MR) is 67.8 cm³/mol. The third-order valence-electron chi connectivity index (χ3n) is 2.35. The minimum atomic E-state index is -4.47. The van der Waals surface area contributed by atoms with E-state index < -0.39 is 11.9 Å². The molecule has 0 aliphatic rings. The topological polar surface area (TPSA) is 49.6 Å². The summed E-state index contributed by atoms with van der Waals surface area (Å²) in [6, 6.07) is 9.70. The molecule has 0 amide bonds. The van der Waals surface area contributed by atoms with Gasteiger partial charge < -0.3 is 0 Å². The van der Waals surface area contributed by atoms with E-state index >= 15 is 0 Å². The number of alkyl halides is 3. The zero-order valence-electron chi connectivity index (χ0n) is 10.1. The highest BCUT2D eigenvalue weighted by Crippen LogP contribution is 2.29. The van der Waals surface area contributed by atoms with E-state index in [1.165, 1.54) is 0 Å². The largest absolute Gasteiger partial charge is 0.433 e. The lowest BCUT2D eigenvalue weighted by atomic mass is 10.2. The molecule has 0 spiro atoms. The number of benzene rings is 1. The molecule has 7 heteroatoms. The van der Waals surface area contributed by atoms with Gasteiger partial charge in [0, 0.05) is 11.9 Å². The van der Waals surface area contributed by atoms with Crippen molar-refractivity contribution in [1.29, 1.82) is 5.26 Å². The van der Waals surface area contributed by atoms with Crippen molar-refractivity contribution in [2.24, 2.45) is 0 Å². The summed E-state index contributed by atoms with van der Waals surface area (Å²) in [7, 11) is 0. The fraction of sp³-hybridized carbons (Fsp3) is 0.154. The number of thioether (sulfide) groups is 1. The first-order valence-corrected chi connectivity index (χ1v) is 6.49. The number of aromatic nitrogens is 2. The van der Waals surface area contributed by atoms with Crippen molar-refractivity contribution in [1.82, 2.24) is 9.97 Å². The van der Waals surface area contributed by atoms with Crippen LogP contribution in [0.3, 0.4) is 0 Å². The van der Waals surface area contributed by atoms with Crippen LogP contribution in [0.25, 0.3) is 0 Å². The van der Waals surface area contributed by atoms with Gasteiger partial charge in [0.1, 0.15) is 5.69 Å². The Balaban J connectivity index is 2.09. The molecule has 0 bridgehead atoms. The van der Waals surface area contributed by atoms with Crippen LogP contribution in [-0.2, 0) is 11.9 Å². The van der Waals surface area contributed by atoms with E-state index in [0.29, 0.717) is 11.3 Å². The van der Waals surface area contributed by atoms with Crippen molar-refractivity contribution >= 4 is 11.8 Å². The molecule has 0 unspecified atom stereocenters. The molecule has 2 rings (SSSR count). The van der Waals surface area contributed by atoms with Gasteiger partial charge in [-0.05, 0) is 23.8 Å². The number of hydrogen-bond acceptors (Lipinski definition) is 4. The van der Waals surface area contributed by atoms with Crippen LogP contribution in [0.2, 0.25) is 0 Å². The third kappa shape index (κ3) is 3.71. The molecule has 0 saturated heterocycles. The minimum absolute atomic E-state index is 0.0576. The van der Waals surface area contributed by atoms with Gasteiger partial charge in [0.15, 0.2) is 5.16 Å². The Bertz CT molecular complexity index is 650. The zero-order chi connectivity index (χ0) is 14.6. The monoisotopic (exact) mass is 295 g/mol. The molecule has 0 radical (unpaired) electrons. The molecular formula is C13H8F3N3S. The van der Waals surface area contributed by atoms with Gasteiger partial charge in [0.25, 0.3) is 0 Å². The van der Waals surface area contributed by atoms with Gasteiger partial charge in [0.05, 0.1) is 11.6 Å². The van der Waals surface area contributed by atoms with Crippen molar-refractivity contribution in [2.45, 2.75) is 17.1 Å². The summed E-state index contributed by atoms with van der Waals surface area (Å²) in [6.45, 7) is 0. The standard InChI is InChI=1S/C13H8F3N3S/c14-13(15,16)11-4-5-18-12(19-11)20-8-10-3-1-2-9(6-10)7-17/h1-6H,8H2. The van der Waals surface area contributed by atoms with Crippen LogP contribution >= 0.6 is 11.8 Å². The maximum Gasteiger partial charge on any atom is 0.433 e. The summed E-state index contributed by atoms with van der Waals surface area (Å²) in [5, 5.41) is 8.82. The van der Waals surface area contributed by atoms with E-state index in [0.717, 1.165) is 29.6 Å². The van der Waals surface area contributed by atoms with Crippen LogP contribution in [0.5, 0.6) is 0 Å². The highest BCUT2D eigenvalue weighted by atomic mass is 32.2. The maximum atomic E-state index is 12.5. The molecule has 3 nitrogen and oxygen atoms in total. The number of nitrogens with zero attached hydrogens (tertiary/aromatic N) is 3. The molecule has 0 fully saturated rings. The normalized spacial score (nSPS) is 11.1. The smallest absolute Gasteiger partial charge is 0.231 e. The Hall–Kier alpha value is -2.07. The van der Waals surface area contributed by atoms with Crippen molar-refractivity contribution < 1.29 is 13.2 Å². The molecule has 2 aromatic rings. The van der Waals surface area contributed by atoms with E-state index in [1.807, 2.05) is 6.07 Å². The lowest BCUT2D eigenvalue weighted by Crippen LogP contribution is -2.08. The Morgan fingerprint density at radius 2 is 2.05 bits per heavy atom. The van der Waals surface area contributed by atoms with Crippen LogP contribution < -0.4 is 0 Å². The van der Waals surface area contributed by atoms with E-state index in [-0.39, 0.29) is 5.16 Å². The second kappa shape index (κ2) is 5.92. The number of halogens is 3. The molecule has 0 saturated carbocycles. The van der Waals surface area contributed by atoms with Gasteiger partial charge in [-0.2, -0.15) is 18.4 Å².